The van der Waals surface area contributed by atoms with Gasteiger partial charge in [0, 0.05) is 25.2 Å². The summed E-state index contributed by atoms with van der Waals surface area (Å²) in [5, 5.41) is 0. The predicted molar refractivity (Wildman–Crippen MR) is 80.2 cm³/mol. The summed E-state index contributed by atoms with van der Waals surface area (Å²) in [5.74, 6) is 0.0595. The van der Waals surface area contributed by atoms with Crippen LogP contribution < -0.4 is 5.73 Å². The van der Waals surface area contributed by atoms with E-state index in [4.69, 9.17) is 5.73 Å². The molecule has 2 heterocycles. The van der Waals surface area contributed by atoms with Gasteiger partial charge in [-0.2, -0.15) is 4.31 Å². The van der Waals surface area contributed by atoms with Crippen molar-refractivity contribution in [1.29, 1.82) is 0 Å². The molecule has 0 aromatic carbocycles. The predicted octanol–water partition coefficient (Wildman–Crippen LogP) is 0.172. The molecule has 0 aliphatic carbocycles. The summed E-state index contributed by atoms with van der Waals surface area (Å²) in [5.41, 5.74) is 5.93. The molecule has 2 unspecified atom stereocenters. The summed E-state index contributed by atoms with van der Waals surface area (Å²) in [6.07, 6.45) is 3.59. The minimum absolute atomic E-state index is 0. The Labute approximate surface area is 127 Å². The van der Waals surface area contributed by atoms with Crippen molar-refractivity contribution >= 4 is 28.3 Å². The van der Waals surface area contributed by atoms with Gasteiger partial charge < -0.3 is 10.6 Å². The summed E-state index contributed by atoms with van der Waals surface area (Å²) in [4.78, 5) is 14.1. The first-order chi connectivity index (χ1) is 8.92. The first kappa shape index (κ1) is 17.7. The Morgan fingerprint density at radius 3 is 2.55 bits per heavy atom. The maximum Gasteiger partial charge on any atom is 0.238 e. The van der Waals surface area contributed by atoms with E-state index in [0.29, 0.717) is 19.5 Å². The largest absolute Gasteiger partial charge is 0.337 e. The van der Waals surface area contributed by atoms with E-state index in [-0.39, 0.29) is 42.7 Å². The molecule has 0 aromatic rings. The molecule has 0 aromatic heterocycles. The van der Waals surface area contributed by atoms with E-state index >= 15 is 0 Å². The number of nitrogens with two attached hydrogens (primary N) is 1. The Bertz CT molecular complexity index is 441. The fourth-order valence-corrected chi connectivity index (χ4v) is 4.39. The first-order valence-electron chi connectivity index (χ1n) is 6.95. The highest BCUT2D eigenvalue weighted by atomic mass is 35.5. The van der Waals surface area contributed by atoms with E-state index in [9.17, 15) is 13.2 Å². The molecule has 0 saturated carbocycles. The molecule has 0 spiro atoms. The highest BCUT2D eigenvalue weighted by molar-refractivity contribution is 7.89. The van der Waals surface area contributed by atoms with Gasteiger partial charge in [-0.1, -0.05) is 0 Å². The molecule has 0 radical (unpaired) electrons. The van der Waals surface area contributed by atoms with Crippen LogP contribution in [-0.2, 0) is 14.8 Å². The highest BCUT2D eigenvalue weighted by Gasteiger charge is 2.34. The van der Waals surface area contributed by atoms with Gasteiger partial charge in [0.25, 0.3) is 0 Å². The van der Waals surface area contributed by atoms with Crippen LogP contribution in [0.15, 0.2) is 0 Å². The molecule has 2 N–H and O–H groups in total. The second-order valence-electron chi connectivity index (χ2n) is 5.51. The van der Waals surface area contributed by atoms with Crippen molar-refractivity contribution in [3.05, 3.63) is 0 Å². The Balaban J connectivity index is 0.00000200. The summed E-state index contributed by atoms with van der Waals surface area (Å²) < 4.78 is 24.8. The van der Waals surface area contributed by atoms with Gasteiger partial charge in [0.15, 0.2) is 0 Å². The number of halogens is 1. The fourth-order valence-electron chi connectivity index (χ4n) is 2.92. The number of likely N-dealkylation sites (tertiary alicyclic amines) is 1. The SMILES string of the molecule is CC(N)C1CCCCN1C(=O)CN1CCCS1(=O)=O.Cl. The number of hydrogen-bond acceptors (Lipinski definition) is 4. The number of nitrogens with zero attached hydrogens (tertiary/aromatic N) is 2. The van der Waals surface area contributed by atoms with Crippen molar-refractivity contribution in [3.8, 4) is 0 Å². The number of piperidine rings is 1. The zero-order chi connectivity index (χ0) is 14.0. The second kappa shape index (κ2) is 7.06. The van der Waals surface area contributed by atoms with Crippen LogP contribution in [0.1, 0.15) is 32.6 Å². The van der Waals surface area contributed by atoms with Crippen LogP contribution in [0.5, 0.6) is 0 Å². The van der Waals surface area contributed by atoms with Crippen molar-refractivity contribution in [3.63, 3.8) is 0 Å². The van der Waals surface area contributed by atoms with E-state index in [1.54, 1.807) is 4.90 Å². The summed E-state index contributed by atoms with van der Waals surface area (Å²) in [6, 6.07) is -0.0222. The molecule has 6 nitrogen and oxygen atoms in total. The summed E-state index contributed by atoms with van der Waals surface area (Å²) >= 11 is 0. The molecular formula is C12H24ClN3O3S. The average molecular weight is 326 g/mol. The van der Waals surface area contributed by atoms with Gasteiger partial charge >= 0.3 is 0 Å². The lowest BCUT2D eigenvalue weighted by atomic mass is 9.97. The Morgan fingerprint density at radius 1 is 1.30 bits per heavy atom. The molecular weight excluding hydrogens is 302 g/mol. The van der Waals surface area contributed by atoms with Gasteiger partial charge in [0.1, 0.15) is 0 Å². The molecule has 2 rings (SSSR count). The zero-order valence-corrected chi connectivity index (χ0v) is 13.5. The lowest BCUT2D eigenvalue weighted by Crippen LogP contribution is -2.54. The van der Waals surface area contributed by atoms with Crippen LogP contribution in [0.25, 0.3) is 0 Å². The van der Waals surface area contributed by atoms with E-state index in [1.807, 2.05) is 6.92 Å². The topological polar surface area (TPSA) is 83.7 Å². The number of sulfonamides is 1. The van der Waals surface area contributed by atoms with Crippen LogP contribution in [0.3, 0.4) is 0 Å². The smallest absolute Gasteiger partial charge is 0.238 e. The third-order valence-corrected chi connectivity index (χ3v) is 5.89. The Morgan fingerprint density at radius 2 is 2.00 bits per heavy atom. The number of carbonyl (C=O) groups excluding carboxylic acids is 1. The van der Waals surface area contributed by atoms with Crippen molar-refractivity contribution in [1.82, 2.24) is 9.21 Å². The number of rotatable bonds is 3. The van der Waals surface area contributed by atoms with Gasteiger partial charge in [-0.25, -0.2) is 8.42 Å². The molecule has 1 amide bonds. The number of carbonyl (C=O) groups is 1. The molecule has 20 heavy (non-hydrogen) atoms. The van der Waals surface area contributed by atoms with Gasteiger partial charge in [0.05, 0.1) is 12.3 Å². The standard InChI is InChI=1S/C12H23N3O3S.ClH/c1-10(13)11-5-2-3-7-15(11)12(16)9-14-6-4-8-19(14,17)18;/h10-11H,2-9,13H2,1H3;1H. The van der Waals surface area contributed by atoms with Crippen molar-refractivity contribution in [2.75, 3.05) is 25.4 Å². The van der Waals surface area contributed by atoms with Crippen molar-refractivity contribution in [2.45, 2.75) is 44.7 Å². The van der Waals surface area contributed by atoms with Crippen molar-refractivity contribution < 1.29 is 13.2 Å². The highest BCUT2D eigenvalue weighted by Crippen LogP contribution is 2.20. The lowest BCUT2D eigenvalue weighted by molar-refractivity contribution is -0.135. The Hall–Kier alpha value is -0.370. The third kappa shape index (κ3) is 3.84. The van der Waals surface area contributed by atoms with E-state index in [0.717, 1.165) is 19.3 Å². The molecule has 2 aliphatic heterocycles. The average Bonchev–Trinajstić information content (AvgIpc) is 2.68. The molecule has 0 bridgehead atoms. The summed E-state index contributed by atoms with van der Waals surface area (Å²) in [7, 11) is -3.20. The lowest BCUT2D eigenvalue weighted by Gasteiger charge is -2.38. The van der Waals surface area contributed by atoms with E-state index < -0.39 is 10.0 Å². The normalized spacial score (nSPS) is 27.9. The molecule has 2 fully saturated rings. The maximum absolute atomic E-state index is 12.3. The Kier molecular flexibility index (Phi) is 6.25. The van der Waals surface area contributed by atoms with Crippen LogP contribution in [-0.4, -0.2) is 61.0 Å². The monoisotopic (exact) mass is 325 g/mol. The maximum atomic E-state index is 12.3. The number of amides is 1. The third-order valence-electron chi connectivity index (χ3n) is 3.99. The molecule has 2 aliphatic rings. The van der Waals surface area contributed by atoms with Crippen LogP contribution in [0.4, 0.5) is 0 Å². The molecule has 2 atom stereocenters. The van der Waals surface area contributed by atoms with Crippen LogP contribution in [0, 0.1) is 0 Å². The first-order valence-corrected chi connectivity index (χ1v) is 8.55. The van der Waals surface area contributed by atoms with Gasteiger partial charge in [-0.15, -0.1) is 12.4 Å². The molecule has 8 heteroatoms. The second-order valence-corrected chi connectivity index (χ2v) is 7.60. The quantitative estimate of drug-likeness (QED) is 0.802. The summed E-state index contributed by atoms with van der Waals surface area (Å²) in [6.45, 7) is 3.04. The number of hydrogen-bond donors (Lipinski definition) is 1. The van der Waals surface area contributed by atoms with E-state index in [1.165, 1.54) is 4.31 Å². The fraction of sp³-hybridized carbons (Fsp3) is 0.917. The van der Waals surface area contributed by atoms with Crippen molar-refractivity contribution in [2.24, 2.45) is 5.73 Å². The minimum atomic E-state index is -3.20. The van der Waals surface area contributed by atoms with Gasteiger partial charge in [0.2, 0.25) is 15.9 Å². The van der Waals surface area contributed by atoms with E-state index in [2.05, 4.69) is 0 Å². The zero-order valence-electron chi connectivity index (χ0n) is 11.8. The van der Waals surface area contributed by atoms with Gasteiger partial charge in [-0.05, 0) is 32.6 Å². The van der Waals surface area contributed by atoms with Crippen LogP contribution in [0.2, 0.25) is 0 Å². The molecule has 2 saturated heterocycles. The minimum Gasteiger partial charge on any atom is -0.337 e. The van der Waals surface area contributed by atoms with Crippen LogP contribution >= 0.6 is 12.4 Å². The van der Waals surface area contributed by atoms with Gasteiger partial charge in [-0.3, -0.25) is 4.79 Å². The molecule has 118 valence electrons.